The molecule has 0 aliphatic carbocycles. The molecule has 0 atom stereocenters. The Morgan fingerprint density at radius 2 is 2.04 bits per heavy atom. The standard InChI is InChI=1S/C17H17N3O4/c21-15-7-2-8-20(15)13-5-1-4-12(10-13)19-17(23)16(22)18-11-14-6-3-9-24-14/h1,3-6,9-10H,2,7-8,11H2,(H,18,22)(H,19,23). The van der Waals surface area contributed by atoms with Crippen LogP contribution in [-0.2, 0) is 20.9 Å². The SMILES string of the molecule is O=C(NCc1ccco1)C(=O)Nc1cccc(N2CCCC2=O)c1. The van der Waals surface area contributed by atoms with Crippen molar-refractivity contribution in [1.82, 2.24) is 5.32 Å². The average molecular weight is 327 g/mol. The van der Waals surface area contributed by atoms with Crippen molar-refractivity contribution >= 4 is 29.1 Å². The molecule has 3 amide bonds. The summed E-state index contributed by atoms with van der Waals surface area (Å²) in [5.41, 5.74) is 1.18. The van der Waals surface area contributed by atoms with Crippen LogP contribution in [-0.4, -0.2) is 24.3 Å². The largest absolute Gasteiger partial charge is 0.467 e. The molecule has 1 aliphatic rings. The lowest BCUT2D eigenvalue weighted by Gasteiger charge is -2.16. The molecule has 2 aromatic rings. The van der Waals surface area contributed by atoms with Gasteiger partial charge in [0.25, 0.3) is 0 Å². The first kappa shape index (κ1) is 15.8. The van der Waals surface area contributed by atoms with E-state index >= 15 is 0 Å². The number of hydrogen-bond donors (Lipinski definition) is 2. The summed E-state index contributed by atoms with van der Waals surface area (Å²) in [7, 11) is 0. The highest BCUT2D eigenvalue weighted by Gasteiger charge is 2.22. The number of nitrogens with one attached hydrogen (secondary N) is 2. The number of nitrogens with zero attached hydrogens (tertiary/aromatic N) is 1. The molecule has 0 unspecified atom stereocenters. The Morgan fingerprint density at radius 1 is 1.17 bits per heavy atom. The van der Waals surface area contributed by atoms with Gasteiger partial charge in [-0.15, -0.1) is 0 Å². The number of anilines is 2. The lowest BCUT2D eigenvalue weighted by molar-refractivity contribution is -0.136. The summed E-state index contributed by atoms with van der Waals surface area (Å²) < 4.78 is 5.08. The summed E-state index contributed by atoms with van der Waals surface area (Å²) in [5.74, 6) is -0.902. The zero-order valence-corrected chi connectivity index (χ0v) is 13.0. The third kappa shape index (κ3) is 3.62. The minimum absolute atomic E-state index is 0.0645. The van der Waals surface area contributed by atoms with E-state index in [0.717, 1.165) is 6.42 Å². The number of rotatable bonds is 4. The van der Waals surface area contributed by atoms with Crippen molar-refractivity contribution in [2.45, 2.75) is 19.4 Å². The van der Waals surface area contributed by atoms with Gasteiger partial charge in [0.05, 0.1) is 12.8 Å². The number of carbonyl (C=O) groups excluding carboxylic acids is 3. The summed E-state index contributed by atoms with van der Waals surface area (Å²) in [6, 6.07) is 10.3. The van der Waals surface area contributed by atoms with E-state index in [1.54, 1.807) is 41.3 Å². The fourth-order valence-electron chi connectivity index (χ4n) is 2.52. The summed E-state index contributed by atoms with van der Waals surface area (Å²) in [6.07, 6.45) is 2.85. The molecule has 0 saturated carbocycles. The molecule has 0 radical (unpaired) electrons. The van der Waals surface area contributed by atoms with Crippen molar-refractivity contribution in [2.75, 3.05) is 16.8 Å². The second kappa shape index (κ2) is 6.99. The van der Waals surface area contributed by atoms with E-state index in [2.05, 4.69) is 10.6 Å². The topological polar surface area (TPSA) is 91.7 Å². The van der Waals surface area contributed by atoms with Gasteiger partial charge in [-0.2, -0.15) is 0 Å². The van der Waals surface area contributed by atoms with Gasteiger partial charge in [0.15, 0.2) is 0 Å². The minimum Gasteiger partial charge on any atom is -0.467 e. The third-order valence-corrected chi connectivity index (χ3v) is 3.70. The van der Waals surface area contributed by atoms with Gasteiger partial charge >= 0.3 is 11.8 Å². The van der Waals surface area contributed by atoms with Crippen LogP contribution in [0.2, 0.25) is 0 Å². The van der Waals surface area contributed by atoms with Gasteiger partial charge in [-0.05, 0) is 36.8 Å². The Labute approximate surface area is 138 Å². The molecule has 1 saturated heterocycles. The fraction of sp³-hybridized carbons (Fsp3) is 0.235. The Morgan fingerprint density at radius 3 is 2.75 bits per heavy atom. The Balaban J connectivity index is 1.59. The molecule has 1 aromatic carbocycles. The lowest BCUT2D eigenvalue weighted by atomic mass is 10.2. The van der Waals surface area contributed by atoms with Crippen LogP contribution in [0.3, 0.4) is 0 Å². The second-order valence-electron chi connectivity index (χ2n) is 5.42. The molecular weight excluding hydrogens is 310 g/mol. The van der Waals surface area contributed by atoms with Crippen LogP contribution in [0, 0.1) is 0 Å². The van der Waals surface area contributed by atoms with Crippen molar-refractivity contribution in [2.24, 2.45) is 0 Å². The fourth-order valence-corrected chi connectivity index (χ4v) is 2.52. The average Bonchev–Trinajstić information content (AvgIpc) is 3.24. The van der Waals surface area contributed by atoms with Crippen LogP contribution in [0.5, 0.6) is 0 Å². The molecule has 0 spiro atoms. The van der Waals surface area contributed by atoms with Gasteiger partial charge in [0.2, 0.25) is 5.91 Å². The molecule has 1 aliphatic heterocycles. The van der Waals surface area contributed by atoms with E-state index in [1.807, 2.05) is 0 Å². The number of amides is 3. The molecule has 1 fully saturated rings. The number of hydrogen-bond acceptors (Lipinski definition) is 4. The highest BCUT2D eigenvalue weighted by atomic mass is 16.3. The van der Waals surface area contributed by atoms with Crippen molar-refractivity contribution in [3.8, 4) is 0 Å². The van der Waals surface area contributed by atoms with Gasteiger partial charge in [0.1, 0.15) is 5.76 Å². The third-order valence-electron chi connectivity index (χ3n) is 3.70. The van der Waals surface area contributed by atoms with Crippen molar-refractivity contribution in [3.05, 3.63) is 48.4 Å². The monoisotopic (exact) mass is 327 g/mol. The van der Waals surface area contributed by atoms with Gasteiger partial charge in [-0.25, -0.2) is 0 Å². The molecule has 3 rings (SSSR count). The first-order valence-corrected chi connectivity index (χ1v) is 7.65. The normalized spacial score (nSPS) is 13.8. The number of benzene rings is 1. The molecule has 124 valence electrons. The maximum absolute atomic E-state index is 11.9. The number of furan rings is 1. The van der Waals surface area contributed by atoms with E-state index in [-0.39, 0.29) is 12.5 Å². The molecular formula is C17H17N3O4. The van der Waals surface area contributed by atoms with Crippen LogP contribution >= 0.6 is 0 Å². The first-order valence-electron chi connectivity index (χ1n) is 7.65. The van der Waals surface area contributed by atoms with Gasteiger partial charge in [0, 0.05) is 24.3 Å². The molecule has 2 heterocycles. The van der Waals surface area contributed by atoms with Crippen molar-refractivity contribution in [3.63, 3.8) is 0 Å². The van der Waals surface area contributed by atoms with Crippen LogP contribution in [0.15, 0.2) is 47.1 Å². The van der Waals surface area contributed by atoms with Crippen LogP contribution < -0.4 is 15.5 Å². The molecule has 7 heteroatoms. The van der Waals surface area contributed by atoms with Crippen molar-refractivity contribution in [1.29, 1.82) is 0 Å². The first-order chi connectivity index (χ1) is 11.6. The van der Waals surface area contributed by atoms with Crippen LogP contribution in [0.1, 0.15) is 18.6 Å². The van der Waals surface area contributed by atoms with Crippen LogP contribution in [0.25, 0.3) is 0 Å². The maximum atomic E-state index is 11.9. The Bertz CT molecular complexity index is 755. The van der Waals surface area contributed by atoms with Gasteiger partial charge < -0.3 is 20.0 Å². The summed E-state index contributed by atoms with van der Waals surface area (Å²) in [5, 5.41) is 5.00. The van der Waals surface area contributed by atoms with E-state index < -0.39 is 11.8 Å². The highest BCUT2D eigenvalue weighted by Crippen LogP contribution is 2.24. The molecule has 24 heavy (non-hydrogen) atoms. The number of carbonyl (C=O) groups is 3. The van der Waals surface area contributed by atoms with E-state index in [4.69, 9.17) is 4.42 Å². The Hall–Kier alpha value is -3.09. The van der Waals surface area contributed by atoms with E-state index in [0.29, 0.717) is 30.1 Å². The predicted octanol–water partition coefficient (Wildman–Crippen LogP) is 1.66. The lowest BCUT2D eigenvalue weighted by Crippen LogP contribution is -2.34. The molecule has 1 aromatic heterocycles. The molecule has 7 nitrogen and oxygen atoms in total. The van der Waals surface area contributed by atoms with E-state index in [9.17, 15) is 14.4 Å². The zero-order chi connectivity index (χ0) is 16.9. The van der Waals surface area contributed by atoms with Gasteiger partial charge in [-0.1, -0.05) is 6.07 Å². The maximum Gasteiger partial charge on any atom is 0.313 e. The second-order valence-corrected chi connectivity index (χ2v) is 5.42. The summed E-state index contributed by atoms with van der Waals surface area (Å²) >= 11 is 0. The highest BCUT2D eigenvalue weighted by molar-refractivity contribution is 6.39. The minimum atomic E-state index is -0.772. The quantitative estimate of drug-likeness (QED) is 0.836. The van der Waals surface area contributed by atoms with Crippen LogP contribution in [0.4, 0.5) is 11.4 Å². The smallest absolute Gasteiger partial charge is 0.313 e. The summed E-state index contributed by atoms with van der Waals surface area (Å²) in [6.45, 7) is 0.807. The summed E-state index contributed by atoms with van der Waals surface area (Å²) in [4.78, 5) is 37.2. The Kier molecular flexibility index (Phi) is 4.60. The molecule has 0 bridgehead atoms. The predicted molar refractivity (Wildman–Crippen MR) is 87.2 cm³/mol. The zero-order valence-electron chi connectivity index (χ0n) is 13.0. The van der Waals surface area contributed by atoms with Gasteiger partial charge in [-0.3, -0.25) is 14.4 Å². The van der Waals surface area contributed by atoms with Crippen molar-refractivity contribution < 1.29 is 18.8 Å². The molecule has 2 N–H and O–H groups in total. The van der Waals surface area contributed by atoms with E-state index in [1.165, 1.54) is 6.26 Å².